The fraction of sp³-hybridized carbons (Fsp3) is 0.738. The van der Waals surface area contributed by atoms with E-state index in [9.17, 15) is 24.3 Å². The number of ketones is 1. The number of carbonyl (C=O) groups excluding carboxylic acids is 3. The highest BCUT2D eigenvalue weighted by molar-refractivity contribution is 6.02. The highest BCUT2D eigenvalue weighted by atomic mass is 16.5. The van der Waals surface area contributed by atoms with Gasteiger partial charge in [0.15, 0.2) is 5.78 Å². The van der Waals surface area contributed by atoms with Crippen LogP contribution in [0.25, 0.3) is 0 Å². The van der Waals surface area contributed by atoms with Gasteiger partial charge in [-0.15, -0.1) is 0 Å². The van der Waals surface area contributed by atoms with Crippen LogP contribution in [-0.4, -0.2) is 45.5 Å². The largest absolute Gasteiger partial charge is 0.481 e. The first-order valence-electron chi connectivity index (χ1n) is 19.4. The number of amides is 2. The number of Topliss-reactive ketones (excluding diaryl/α,β-unsaturated/α-hetero) is 1. The van der Waals surface area contributed by atoms with Crippen LogP contribution in [0, 0.1) is 50.7 Å². The molecular formula is C42H61N3O6. The number of ether oxygens (including phenoxy) is 1. The Morgan fingerprint density at radius 2 is 1.71 bits per heavy atom. The maximum absolute atomic E-state index is 13.9. The van der Waals surface area contributed by atoms with E-state index in [0.29, 0.717) is 24.8 Å². The van der Waals surface area contributed by atoms with Crippen molar-refractivity contribution in [2.24, 2.45) is 50.7 Å². The lowest BCUT2D eigenvalue weighted by Gasteiger charge is -2.72. The number of carboxylic acid groups (broad SMARTS) is 1. The van der Waals surface area contributed by atoms with Gasteiger partial charge in [0.2, 0.25) is 0 Å². The number of nitrogens with one attached hydrogen (secondary N) is 2. The second-order valence-corrected chi connectivity index (χ2v) is 19.2. The summed E-state index contributed by atoms with van der Waals surface area (Å²) in [7, 11) is 0. The standard InChI is InChI=1S/C42H61N3O6/c1-25(2)33-28(46)21-42(45-36(50)44-24-26-11-10-20-43-23-26)19-18-40(8)27(34(33)42)12-13-30-39(7)16-15-31(51-32(47)22-37(3,4)35(48)49)38(5,6)29(39)14-17-41(30,40)9/h10-11,20,23,25,27,29-31H,12-19,21-22,24H2,1-9H3,(H,48,49)(H2,44,45,50)/t27-,29+,30-,31+,39+,40-,41-,42-/m1/s1. The monoisotopic (exact) mass is 703 g/mol. The molecular weight excluding hydrogens is 642 g/mol. The predicted molar refractivity (Wildman–Crippen MR) is 195 cm³/mol. The summed E-state index contributed by atoms with van der Waals surface area (Å²) in [4.78, 5) is 56.4. The van der Waals surface area contributed by atoms with Gasteiger partial charge in [0.05, 0.1) is 17.4 Å². The maximum Gasteiger partial charge on any atom is 0.315 e. The highest BCUT2D eigenvalue weighted by Crippen LogP contribution is 2.76. The van der Waals surface area contributed by atoms with Crippen molar-refractivity contribution >= 4 is 23.8 Å². The molecule has 9 heteroatoms. The van der Waals surface area contributed by atoms with Gasteiger partial charge in [-0.3, -0.25) is 19.4 Å². The molecule has 1 heterocycles. The topological polar surface area (TPSA) is 135 Å². The van der Waals surface area contributed by atoms with Crippen LogP contribution < -0.4 is 10.6 Å². The molecule has 5 aliphatic carbocycles. The van der Waals surface area contributed by atoms with Crippen molar-refractivity contribution in [3.05, 3.63) is 41.2 Å². The maximum atomic E-state index is 13.9. The van der Waals surface area contributed by atoms with Crippen LogP contribution >= 0.6 is 0 Å². The lowest BCUT2D eigenvalue weighted by Crippen LogP contribution is -2.67. The summed E-state index contributed by atoms with van der Waals surface area (Å²) < 4.78 is 6.15. The minimum Gasteiger partial charge on any atom is -0.481 e. The first-order chi connectivity index (χ1) is 23.7. The number of nitrogens with zero attached hydrogens (tertiary/aromatic N) is 1. The molecule has 280 valence electrons. The first-order valence-corrected chi connectivity index (χ1v) is 19.4. The average Bonchev–Trinajstić information content (AvgIpc) is 3.33. The predicted octanol–water partition coefficient (Wildman–Crippen LogP) is 8.03. The molecule has 0 aliphatic heterocycles. The molecule has 4 saturated carbocycles. The number of urea groups is 1. The molecule has 0 bridgehead atoms. The molecule has 5 aliphatic rings. The molecule has 1 aromatic rings. The molecule has 6 rings (SSSR count). The second-order valence-electron chi connectivity index (χ2n) is 19.2. The number of hydrogen-bond acceptors (Lipinski definition) is 6. The zero-order valence-corrected chi connectivity index (χ0v) is 32.4. The van der Waals surface area contributed by atoms with E-state index in [4.69, 9.17) is 4.74 Å². The van der Waals surface area contributed by atoms with Gasteiger partial charge in [0, 0.05) is 30.8 Å². The van der Waals surface area contributed by atoms with Crippen LogP contribution in [-0.2, 0) is 25.7 Å². The molecule has 9 nitrogen and oxygen atoms in total. The molecule has 2 amide bonds. The molecule has 8 atom stereocenters. The number of allylic oxidation sites excluding steroid dienone is 1. The zero-order chi connectivity index (χ0) is 37.4. The third-order valence-corrected chi connectivity index (χ3v) is 15.3. The van der Waals surface area contributed by atoms with Crippen molar-refractivity contribution in [1.82, 2.24) is 15.6 Å². The minimum absolute atomic E-state index is 0.0295. The van der Waals surface area contributed by atoms with Crippen LogP contribution in [0.5, 0.6) is 0 Å². The summed E-state index contributed by atoms with van der Waals surface area (Å²) >= 11 is 0. The summed E-state index contributed by atoms with van der Waals surface area (Å²) in [6, 6.07) is 3.56. The van der Waals surface area contributed by atoms with Crippen LogP contribution in [0.15, 0.2) is 35.7 Å². The Balaban J connectivity index is 1.26. The van der Waals surface area contributed by atoms with Gasteiger partial charge in [0.1, 0.15) is 6.10 Å². The van der Waals surface area contributed by atoms with E-state index < -0.39 is 22.9 Å². The number of rotatable bonds is 8. The number of carboxylic acids is 1. The van der Waals surface area contributed by atoms with Crippen LogP contribution in [0.1, 0.15) is 132 Å². The summed E-state index contributed by atoms with van der Waals surface area (Å²) in [6.07, 6.45) is 11.0. The first kappa shape index (κ1) is 37.5. The molecule has 1 aromatic heterocycles. The lowest BCUT2D eigenvalue weighted by molar-refractivity contribution is -0.232. The van der Waals surface area contributed by atoms with Crippen molar-refractivity contribution in [1.29, 1.82) is 0 Å². The van der Waals surface area contributed by atoms with Gasteiger partial charge in [0.25, 0.3) is 0 Å². The van der Waals surface area contributed by atoms with Gasteiger partial charge in [-0.2, -0.15) is 0 Å². The summed E-state index contributed by atoms with van der Waals surface area (Å²) in [5, 5.41) is 16.0. The lowest BCUT2D eigenvalue weighted by atomic mass is 9.33. The minimum atomic E-state index is -1.17. The number of aromatic nitrogens is 1. The van der Waals surface area contributed by atoms with E-state index in [-0.39, 0.29) is 57.8 Å². The van der Waals surface area contributed by atoms with Crippen molar-refractivity contribution in [2.45, 2.75) is 145 Å². The Kier molecular flexibility index (Phi) is 9.36. The van der Waals surface area contributed by atoms with Crippen LogP contribution in [0.4, 0.5) is 4.79 Å². The van der Waals surface area contributed by atoms with Gasteiger partial charge in [-0.1, -0.05) is 54.5 Å². The summed E-state index contributed by atoms with van der Waals surface area (Å²) in [6.45, 7) is 19.8. The Morgan fingerprint density at radius 1 is 0.980 bits per heavy atom. The van der Waals surface area contributed by atoms with E-state index in [1.54, 1.807) is 26.2 Å². The zero-order valence-electron chi connectivity index (χ0n) is 32.4. The third kappa shape index (κ3) is 5.93. The molecule has 0 radical (unpaired) electrons. The van der Waals surface area contributed by atoms with Crippen molar-refractivity contribution < 1.29 is 29.0 Å². The summed E-state index contributed by atoms with van der Waals surface area (Å²) in [5.74, 6) is -0.134. The van der Waals surface area contributed by atoms with E-state index in [1.807, 2.05) is 12.1 Å². The Morgan fingerprint density at radius 3 is 2.35 bits per heavy atom. The average molecular weight is 704 g/mol. The molecule has 0 aromatic carbocycles. The smallest absolute Gasteiger partial charge is 0.315 e. The number of fused-ring (bicyclic) bond motifs is 7. The quantitative estimate of drug-likeness (QED) is 0.233. The molecule has 3 N–H and O–H groups in total. The number of pyridine rings is 1. The number of aliphatic carboxylic acids is 1. The van der Waals surface area contributed by atoms with Gasteiger partial charge < -0.3 is 20.5 Å². The molecule has 0 unspecified atom stereocenters. The van der Waals surface area contributed by atoms with Gasteiger partial charge in [-0.05, 0) is 128 Å². The molecule has 51 heavy (non-hydrogen) atoms. The van der Waals surface area contributed by atoms with Gasteiger partial charge in [-0.25, -0.2) is 4.79 Å². The van der Waals surface area contributed by atoms with E-state index in [2.05, 4.69) is 64.1 Å². The fourth-order valence-electron chi connectivity index (χ4n) is 12.5. The van der Waals surface area contributed by atoms with Crippen molar-refractivity contribution in [2.75, 3.05) is 0 Å². The van der Waals surface area contributed by atoms with E-state index >= 15 is 0 Å². The number of carbonyl (C=O) groups is 4. The Labute approximate surface area is 304 Å². The van der Waals surface area contributed by atoms with E-state index in [1.165, 1.54) is 5.57 Å². The van der Waals surface area contributed by atoms with Gasteiger partial charge >= 0.3 is 18.0 Å². The Hall–Kier alpha value is -3.23. The van der Waals surface area contributed by atoms with E-state index in [0.717, 1.165) is 62.5 Å². The summed E-state index contributed by atoms with van der Waals surface area (Å²) in [5.41, 5.74) is 1.02. The number of hydrogen-bond donors (Lipinski definition) is 3. The highest BCUT2D eigenvalue weighted by Gasteiger charge is 2.70. The van der Waals surface area contributed by atoms with Crippen LogP contribution in [0.2, 0.25) is 0 Å². The van der Waals surface area contributed by atoms with Crippen molar-refractivity contribution in [3.8, 4) is 0 Å². The van der Waals surface area contributed by atoms with Crippen molar-refractivity contribution in [3.63, 3.8) is 0 Å². The molecule has 4 fully saturated rings. The SMILES string of the molecule is CC(C)C1=C2[C@H]3CC[C@@H]4[C@@]5(C)CC[C@H](OC(=O)CC(C)(C)C(=O)O)C(C)(C)[C@@H]5CC[C@@]4(C)[C@]3(C)CC[C@@]2(NC(=O)NCc2cccnc2)CC1=O. The second kappa shape index (κ2) is 12.7. The molecule has 0 saturated heterocycles. The molecule has 0 spiro atoms. The number of esters is 1. The third-order valence-electron chi connectivity index (χ3n) is 15.3. The fourth-order valence-corrected chi connectivity index (χ4v) is 12.5. The van der Waals surface area contributed by atoms with Crippen LogP contribution in [0.3, 0.4) is 0 Å². The normalized spacial score (nSPS) is 37.1. The Bertz CT molecular complexity index is 1620.